The minimum Gasteiger partial charge on any atom is -0.382 e. The number of halogens is 2. The zero-order chi connectivity index (χ0) is 18.4. The van der Waals surface area contributed by atoms with Gasteiger partial charge in [-0.1, -0.05) is 11.8 Å². The molecule has 0 bridgehead atoms. The van der Waals surface area contributed by atoms with Crippen molar-refractivity contribution in [3.8, 4) is 0 Å². The molecular formula is C15H16F2N4O3S. The Labute approximate surface area is 146 Å². The van der Waals surface area contributed by atoms with Gasteiger partial charge in [0.25, 0.3) is 11.5 Å². The van der Waals surface area contributed by atoms with Crippen LogP contribution >= 0.6 is 11.8 Å². The predicted octanol–water partition coefficient (Wildman–Crippen LogP) is 2.01. The highest BCUT2D eigenvalue weighted by Gasteiger charge is 2.15. The Morgan fingerprint density at radius 3 is 2.80 bits per heavy atom. The van der Waals surface area contributed by atoms with Gasteiger partial charge in [-0.05, 0) is 25.1 Å². The summed E-state index contributed by atoms with van der Waals surface area (Å²) in [7, 11) is 0. The van der Waals surface area contributed by atoms with Gasteiger partial charge < -0.3 is 15.8 Å². The summed E-state index contributed by atoms with van der Waals surface area (Å²) in [4.78, 5) is 30.6. The number of ether oxygens (including phenoxy) is 1. The maximum atomic E-state index is 13.2. The van der Waals surface area contributed by atoms with E-state index in [0.717, 1.165) is 18.2 Å². The Morgan fingerprint density at radius 2 is 2.16 bits per heavy atom. The third-order valence-corrected chi connectivity index (χ3v) is 3.85. The zero-order valence-corrected chi connectivity index (χ0v) is 14.1. The molecule has 1 aromatic carbocycles. The fourth-order valence-electron chi connectivity index (χ4n) is 1.82. The number of hydrogen-bond acceptors (Lipinski definition) is 6. The first kappa shape index (κ1) is 18.9. The van der Waals surface area contributed by atoms with E-state index in [-0.39, 0.29) is 22.2 Å². The number of benzene rings is 1. The lowest BCUT2D eigenvalue weighted by Gasteiger charge is -2.08. The molecule has 0 aliphatic heterocycles. The number of hydrogen-bond donors (Lipinski definition) is 3. The second kappa shape index (κ2) is 8.58. The Kier molecular flexibility index (Phi) is 6.48. The maximum Gasteiger partial charge on any atom is 0.277 e. The van der Waals surface area contributed by atoms with Gasteiger partial charge >= 0.3 is 0 Å². The average Bonchev–Trinajstić information content (AvgIpc) is 2.57. The van der Waals surface area contributed by atoms with Gasteiger partial charge in [0.1, 0.15) is 5.69 Å². The molecule has 0 spiro atoms. The highest BCUT2D eigenvalue weighted by molar-refractivity contribution is 7.99. The third-order valence-electron chi connectivity index (χ3n) is 3.02. The summed E-state index contributed by atoms with van der Waals surface area (Å²) < 4.78 is 31.3. The molecule has 0 aliphatic carbocycles. The molecule has 1 aromatic heterocycles. The monoisotopic (exact) mass is 370 g/mol. The van der Waals surface area contributed by atoms with Crippen molar-refractivity contribution in [2.24, 2.45) is 0 Å². The normalized spacial score (nSPS) is 10.7. The molecule has 134 valence electrons. The quantitative estimate of drug-likeness (QED) is 0.391. The number of nitrogen functional groups attached to an aromatic ring is 1. The van der Waals surface area contributed by atoms with E-state index in [1.807, 2.05) is 6.92 Å². The van der Waals surface area contributed by atoms with E-state index in [1.54, 1.807) is 0 Å². The molecule has 0 radical (unpaired) electrons. The largest absolute Gasteiger partial charge is 0.382 e. The summed E-state index contributed by atoms with van der Waals surface area (Å²) in [5.41, 5.74) is 4.64. The molecular weight excluding hydrogens is 354 g/mol. The van der Waals surface area contributed by atoms with Crippen LogP contribution in [-0.4, -0.2) is 34.8 Å². The van der Waals surface area contributed by atoms with Crippen LogP contribution in [0, 0.1) is 11.6 Å². The molecule has 25 heavy (non-hydrogen) atoms. The van der Waals surface area contributed by atoms with Crippen molar-refractivity contribution in [1.82, 2.24) is 9.97 Å². The minimum atomic E-state index is -1.17. The fourth-order valence-corrected chi connectivity index (χ4v) is 2.55. The third kappa shape index (κ3) is 5.00. The molecule has 0 unspecified atom stereocenters. The number of carbonyl (C=O) groups excluding carboxylic acids is 1. The number of thioether (sulfide) groups is 1. The molecule has 0 saturated carbocycles. The molecule has 10 heteroatoms. The second-order valence-corrected chi connectivity index (χ2v) is 5.84. The van der Waals surface area contributed by atoms with Gasteiger partial charge in [-0.15, -0.1) is 0 Å². The average molecular weight is 370 g/mol. The molecule has 1 heterocycles. The van der Waals surface area contributed by atoms with E-state index in [1.165, 1.54) is 11.8 Å². The highest BCUT2D eigenvalue weighted by Crippen LogP contribution is 2.17. The molecule has 2 rings (SSSR count). The van der Waals surface area contributed by atoms with Crippen LogP contribution in [0.25, 0.3) is 0 Å². The van der Waals surface area contributed by atoms with E-state index in [2.05, 4.69) is 15.3 Å². The van der Waals surface area contributed by atoms with E-state index in [9.17, 15) is 18.4 Å². The van der Waals surface area contributed by atoms with Crippen molar-refractivity contribution >= 4 is 29.2 Å². The van der Waals surface area contributed by atoms with Crippen LogP contribution in [0.1, 0.15) is 17.3 Å². The number of nitrogens with two attached hydrogens (primary N) is 1. The highest BCUT2D eigenvalue weighted by atomic mass is 32.2. The standard InChI is InChI=1S/C15H16F2N4O3S/c1-2-24-5-6-25-15-20-12(18)11(14(23)21-15)19-13(22)8-3-4-9(16)10(17)7-8/h3-4,7H,2,5-6H2,1H3,(H,19,22)(H3,18,20,21,23). The lowest BCUT2D eigenvalue weighted by molar-refractivity contribution is 0.102. The number of nitrogens with zero attached hydrogens (tertiary/aromatic N) is 1. The maximum absolute atomic E-state index is 13.2. The summed E-state index contributed by atoms with van der Waals surface area (Å²) in [5.74, 6) is -2.68. The van der Waals surface area contributed by atoms with Crippen molar-refractivity contribution < 1.29 is 18.3 Å². The van der Waals surface area contributed by atoms with Gasteiger partial charge in [0, 0.05) is 17.9 Å². The van der Waals surface area contributed by atoms with Crippen molar-refractivity contribution in [3.05, 3.63) is 45.8 Å². The van der Waals surface area contributed by atoms with Crippen LogP contribution in [0.15, 0.2) is 28.2 Å². The molecule has 0 atom stereocenters. The Morgan fingerprint density at radius 1 is 1.40 bits per heavy atom. The van der Waals surface area contributed by atoms with Crippen molar-refractivity contribution in [1.29, 1.82) is 0 Å². The van der Waals surface area contributed by atoms with E-state index in [0.29, 0.717) is 19.0 Å². The first-order valence-corrected chi connectivity index (χ1v) is 8.27. The van der Waals surface area contributed by atoms with Crippen LogP contribution < -0.4 is 16.6 Å². The molecule has 7 nitrogen and oxygen atoms in total. The smallest absolute Gasteiger partial charge is 0.277 e. The number of anilines is 2. The van der Waals surface area contributed by atoms with Crippen LogP contribution in [0.4, 0.5) is 20.3 Å². The zero-order valence-electron chi connectivity index (χ0n) is 13.3. The number of nitrogens with one attached hydrogen (secondary N) is 2. The van der Waals surface area contributed by atoms with Gasteiger partial charge in [-0.3, -0.25) is 14.6 Å². The van der Waals surface area contributed by atoms with Gasteiger partial charge in [0.05, 0.1) is 6.61 Å². The topological polar surface area (TPSA) is 110 Å². The lowest BCUT2D eigenvalue weighted by Crippen LogP contribution is -2.23. The van der Waals surface area contributed by atoms with Gasteiger partial charge in [-0.2, -0.15) is 0 Å². The molecule has 2 aromatic rings. The number of rotatable bonds is 7. The van der Waals surface area contributed by atoms with Crippen molar-refractivity contribution in [2.75, 3.05) is 30.0 Å². The number of carbonyl (C=O) groups is 1. The Bertz CT molecular complexity index is 829. The molecule has 0 fully saturated rings. The van der Waals surface area contributed by atoms with Crippen molar-refractivity contribution in [2.45, 2.75) is 12.1 Å². The SMILES string of the molecule is CCOCCSc1nc(N)c(NC(=O)c2ccc(F)c(F)c2)c(=O)[nH]1. The Balaban J connectivity index is 2.12. The fraction of sp³-hybridized carbons (Fsp3) is 0.267. The van der Waals surface area contributed by atoms with Crippen molar-refractivity contribution in [3.63, 3.8) is 0 Å². The number of aromatic nitrogens is 2. The first-order valence-electron chi connectivity index (χ1n) is 7.29. The van der Waals surface area contributed by atoms with E-state index >= 15 is 0 Å². The molecule has 4 N–H and O–H groups in total. The number of H-pyrrole nitrogens is 1. The summed E-state index contributed by atoms with van der Waals surface area (Å²) in [6, 6.07) is 2.62. The van der Waals surface area contributed by atoms with Gasteiger partial charge in [0.2, 0.25) is 0 Å². The predicted molar refractivity (Wildman–Crippen MR) is 90.8 cm³/mol. The second-order valence-electron chi connectivity index (χ2n) is 4.76. The molecule has 0 aliphatic rings. The lowest BCUT2D eigenvalue weighted by atomic mass is 10.2. The first-order chi connectivity index (χ1) is 11.9. The summed E-state index contributed by atoms with van der Waals surface area (Å²) in [6.07, 6.45) is 0. The summed E-state index contributed by atoms with van der Waals surface area (Å²) in [6.45, 7) is 2.94. The van der Waals surface area contributed by atoms with Gasteiger partial charge in [-0.25, -0.2) is 13.8 Å². The summed E-state index contributed by atoms with van der Waals surface area (Å²) in [5, 5.41) is 2.54. The van der Waals surface area contributed by atoms with Gasteiger partial charge in [0.15, 0.2) is 22.6 Å². The van der Waals surface area contributed by atoms with Crippen LogP contribution in [0.5, 0.6) is 0 Å². The van der Waals surface area contributed by atoms with E-state index < -0.39 is 23.1 Å². The van der Waals surface area contributed by atoms with Crippen LogP contribution in [-0.2, 0) is 4.74 Å². The van der Waals surface area contributed by atoms with E-state index in [4.69, 9.17) is 10.5 Å². The summed E-state index contributed by atoms with van der Waals surface area (Å²) >= 11 is 1.24. The minimum absolute atomic E-state index is 0.159. The number of amides is 1. The number of aromatic amines is 1. The van der Waals surface area contributed by atoms with Crippen LogP contribution in [0.3, 0.4) is 0 Å². The molecule has 0 saturated heterocycles. The Hall–Kier alpha value is -2.46. The van der Waals surface area contributed by atoms with Crippen LogP contribution in [0.2, 0.25) is 0 Å². The molecule has 1 amide bonds.